The minimum absolute atomic E-state index is 0.0784. The summed E-state index contributed by atoms with van der Waals surface area (Å²) in [6.07, 6.45) is 0. The quantitative estimate of drug-likeness (QED) is 0.802. The van der Waals surface area contributed by atoms with Crippen LogP contribution in [0.5, 0.6) is 0 Å². The summed E-state index contributed by atoms with van der Waals surface area (Å²) in [6.45, 7) is 8.14. The van der Waals surface area contributed by atoms with E-state index in [1.165, 1.54) is 0 Å². The summed E-state index contributed by atoms with van der Waals surface area (Å²) in [5.41, 5.74) is 6.78. The SMILES string of the molecule is CCS(=O)(=O)CCn1nc(C(C)(C)C)c(I)c1N. The second-order valence-electron chi connectivity index (χ2n) is 5.26. The number of anilines is 1. The topological polar surface area (TPSA) is 78.0 Å². The van der Waals surface area contributed by atoms with Crippen LogP contribution in [0.4, 0.5) is 5.82 Å². The molecule has 0 atom stereocenters. The van der Waals surface area contributed by atoms with Crippen molar-refractivity contribution in [3.63, 3.8) is 0 Å². The van der Waals surface area contributed by atoms with Crippen molar-refractivity contribution in [1.82, 2.24) is 9.78 Å². The number of aromatic nitrogens is 2. The molecule has 0 aliphatic rings. The highest BCUT2D eigenvalue weighted by Gasteiger charge is 2.24. The Hall–Kier alpha value is -0.310. The van der Waals surface area contributed by atoms with Crippen molar-refractivity contribution in [2.75, 3.05) is 17.2 Å². The first-order chi connectivity index (χ1) is 8.08. The molecule has 18 heavy (non-hydrogen) atoms. The van der Waals surface area contributed by atoms with Crippen molar-refractivity contribution in [1.29, 1.82) is 0 Å². The lowest BCUT2D eigenvalue weighted by atomic mass is 9.92. The van der Waals surface area contributed by atoms with Gasteiger partial charge in [-0.25, -0.2) is 13.1 Å². The summed E-state index contributed by atoms with van der Waals surface area (Å²) in [4.78, 5) is 0. The Morgan fingerprint density at radius 3 is 2.33 bits per heavy atom. The third-order valence-corrected chi connectivity index (χ3v) is 5.44. The second-order valence-corrected chi connectivity index (χ2v) is 8.81. The van der Waals surface area contributed by atoms with E-state index in [1.807, 2.05) is 0 Å². The summed E-state index contributed by atoms with van der Waals surface area (Å²) >= 11 is 2.16. The van der Waals surface area contributed by atoms with Gasteiger partial charge in [0.1, 0.15) is 5.82 Å². The largest absolute Gasteiger partial charge is 0.383 e. The van der Waals surface area contributed by atoms with E-state index in [-0.39, 0.29) is 16.9 Å². The normalized spacial score (nSPS) is 12.9. The molecule has 0 aliphatic heterocycles. The minimum atomic E-state index is -2.99. The van der Waals surface area contributed by atoms with Crippen LogP contribution in [-0.4, -0.2) is 29.7 Å². The summed E-state index contributed by atoms with van der Waals surface area (Å²) in [5, 5.41) is 4.44. The van der Waals surface area contributed by atoms with Gasteiger partial charge in [0, 0.05) is 11.2 Å². The highest BCUT2D eigenvalue weighted by atomic mass is 127. The molecular formula is C11H20IN3O2S. The Bertz CT molecular complexity index is 529. The molecule has 1 rings (SSSR count). The lowest BCUT2D eigenvalue weighted by Gasteiger charge is -2.15. The Morgan fingerprint density at radius 1 is 1.39 bits per heavy atom. The molecule has 0 radical (unpaired) electrons. The molecule has 0 fully saturated rings. The zero-order valence-corrected chi connectivity index (χ0v) is 14.2. The van der Waals surface area contributed by atoms with Crippen LogP contribution in [-0.2, 0) is 21.8 Å². The van der Waals surface area contributed by atoms with Crippen LogP contribution in [0, 0.1) is 3.57 Å². The Balaban J connectivity index is 3.00. The Kier molecular flexibility index (Phi) is 4.69. The van der Waals surface area contributed by atoms with Gasteiger partial charge in [0.05, 0.1) is 21.6 Å². The average molecular weight is 385 g/mol. The molecule has 1 heterocycles. The molecule has 1 aromatic rings. The maximum absolute atomic E-state index is 11.5. The second kappa shape index (κ2) is 5.36. The molecule has 2 N–H and O–H groups in total. The fourth-order valence-electron chi connectivity index (χ4n) is 1.47. The first-order valence-corrected chi connectivity index (χ1v) is 8.71. The van der Waals surface area contributed by atoms with E-state index < -0.39 is 9.84 Å². The fourth-order valence-corrected chi connectivity index (χ4v) is 3.41. The van der Waals surface area contributed by atoms with Crippen LogP contribution in [0.15, 0.2) is 0 Å². The fraction of sp³-hybridized carbons (Fsp3) is 0.727. The highest BCUT2D eigenvalue weighted by Crippen LogP contribution is 2.29. The minimum Gasteiger partial charge on any atom is -0.383 e. The lowest BCUT2D eigenvalue weighted by Crippen LogP contribution is -2.18. The summed E-state index contributed by atoms with van der Waals surface area (Å²) < 4.78 is 25.5. The maximum Gasteiger partial charge on any atom is 0.151 e. The van der Waals surface area contributed by atoms with Crippen molar-refractivity contribution in [3.8, 4) is 0 Å². The van der Waals surface area contributed by atoms with E-state index in [9.17, 15) is 8.42 Å². The summed E-state index contributed by atoms with van der Waals surface area (Å²) in [6, 6.07) is 0. The smallest absolute Gasteiger partial charge is 0.151 e. The van der Waals surface area contributed by atoms with Gasteiger partial charge in [0.15, 0.2) is 9.84 Å². The van der Waals surface area contributed by atoms with Crippen molar-refractivity contribution in [3.05, 3.63) is 9.26 Å². The zero-order valence-electron chi connectivity index (χ0n) is 11.2. The van der Waals surface area contributed by atoms with E-state index in [1.54, 1.807) is 11.6 Å². The molecule has 0 aliphatic carbocycles. The van der Waals surface area contributed by atoms with Crippen molar-refractivity contribution in [2.24, 2.45) is 0 Å². The molecule has 0 saturated carbocycles. The van der Waals surface area contributed by atoms with Gasteiger partial charge >= 0.3 is 0 Å². The van der Waals surface area contributed by atoms with Crippen LogP contribution in [0.2, 0.25) is 0 Å². The van der Waals surface area contributed by atoms with Crippen LogP contribution in [0.3, 0.4) is 0 Å². The molecule has 5 nitrogen and oxygen atoms in total. The molecule has 0 spiro atoms. The van der Waals surface area contributed by atoms with Gasteiger partial charge in [-0.05, 0) is 22.6 Å². The van der Waals surface area contributed by atoms with Gasteiger partial charge in [-0.15, -0.1) is 0 Å². The van der Waals surface area contributed by atoms with Gasteiger partial charge in [-0.3, -0.25) is 0 Å². The van der Waals surface area contributed by atoms with E-state index in [0.717, 1.165) is 9.26 Å². The van der Waals surface area contributed by atoms with Gasteiger partial charge in [0.25, 0.3) is 0 Å². The lowest BCUT2D eigenvalue weighted by molar-refractivity contribution is 0.537. The van der Waals surface area contributed by atoms with E-state index in [0.29, 0.717) is 12.4 Å². The van der Waals surface area contributed by atoms with Crippen molar-refractivity contribution < 1.29 is 8.42 Å². The number of halogens is 1. The summed E-state index contributed by atoms with van der Waals surface area (Å²) in [5.74, 6) is 0.777. The Morgan fingerprint density at radius 2 is 1.94 bits per heavy atom. The summed E-state index contributed by atoms with van der Waals surface area (Å²) in [7, 11) is -2.99. The monoisotopic (exact) mass is 385 g/mol. The molecule has 104 valence electrons. The molecule has 0 unspecified atom stereocenters. The third-order valence-electron chi connectivity index (χ3n) is 2.70. The number of nitrogens with two attached hydrogens (primary N) is 1. The first-order valence-electron chi connectivity index (χ1n) is 5.81. The number of hydrogen-bond acceptors (Lipinski definition) is 4. The predicted molar refractivity (Wildman–Crippen MR) is 82.4 cm³/mol. The van der Waals surface area contributed by atoms with Crippen LogP contribution in [0.1, 0.15) is 33.4 Å². The van der Waals surface area contributed by atoms with Crippen molar-refractivity contribution >= 4 is 38.2 Å². The van der Waals surface area contributed by atoms with Crippen LogP contribution < -0.4 is 5.73 Å². The predicted octanol–water partition coefficient (Wildman–Crippen LogP) is 1.80. The van der Waals surface area contributed by atoms with E-state index in [2.05, 4.69) is 48.5 Å². The maximum atomic E-state index is 11.5. The van der Waals surface area contributed by atoms with Gasteiger partial charge < -0.3 is 5.73 Å². The standard InChI is InChI=1S/C11H20IN3O2S/c1-5-18(16,17)7-6-15-10(13)8(12)9(14-15)11(2,3)4/h5-7,13H2,1-4H3. The molecule has 1 aromatic heterocycles. The zero-order chi connectivity index (χ0) is 14.1. The number of aryl methyl sites for hydroxylation is 1. The molecule has 0 saturated heterocycles. The van der Waals surface area contributed by atoms with Gasteiger partial charge in [0.2, 0.25) is 0 Å². The van der Waals surface area contributed by atoms with E-state index in [4.69, 9.17) is 5.73 Å². The van der Waals surface area contributed by atoms with Gasteiger partial charge in [-0.2, -0.15) is 5.10 Å². The number of hydrogen-bond donors (Lipinski definition) is 1. The number of nitrogen functional groups attached to an aromatic ring is 1. The molecule has 0 amide bonds. The average Bonchev–Trinajstić information content (AvgIpc) is 2.53. The van der Waals surface area contributed by atoms with Gasteiger partial charge in [-0.1, -0.05) is 27.7 Å². The molecule has 7 heteroatoms. The number of rotatable bonds is 4. The van der Waals surface area contributed by atoms with Crippen molar-refractivity contribution in [2.45, 2.75) is 39.7 Å². The third kappa shape index (κ3) is 3.59. The molecular weight excluding hydrogens is 365 g/mol. The molecule has 0 bridgehead atoms. The Labute approximate surface area is 122 Å². The molecule has 0 aromatic carbocycles. The van der Waals surface area contributed by atoms with E-state index >= 15 is 0 Å². The first kappa shape index (κ1) is 15.7. The number of nitrogens with zero attached hydrogens (tertiary/aromatic N) is 2. The number of sulfone groups is 1. The highest BCUT2D eigenvalue weighted by molar-refractivity contribution is 14.1. The van der Waals surface area contributed by atoms with Crippen LogP contribution in [0.25, 0.3) is 0 Å². The van der Waals surface area contributed by atoms with Crippen LogP contribution >= 0.6 is 22.6 Å².